The molecule has 2 atom stereocenters. The van der Waals surface area contributed by atoms with Crippen LogP contribution in [0, 0.1) is 5.41 Å². The molecule has 2 saturated heterocycles. The highest BCUT2D eigenvalue weighted by atomic mass is 16.8. The highest BCUT2D eigenvalue weighted by Gasteiger charge is 2.29. The largest absolute Gasteiger partial charge is 0.508 e. The fraction of sp³-hybridized carbons (Fsp3) is 0.857. The summed E-state index contributed by atoms with van der Waals surface area (Å²) in [7, 11) is 0. The second kappa shape index (κ2) is 7.64. The highest BCUT2D eigenvalue weighted by Crippen LogP contribution is 2.23. The van der Waals surface area contributed by atoms with Crippen molar-refractivity contribution < 1.29 is 38.0 Å². The lowest BCUT2D eigenvalue weighted by atomic mass is 9.90. The summed E-state index contributed by atoms with van der Waals surface area (Å²) >= 11 is 0. The molecule has 0 aromatic rings. The van der Waals surface area contributed by atoms with Crippen LogP contribution in [-0.2, 0) is 28.4 Å². The molecular weight excluding hydrogens is 296 g/mol. The van der Waals surface area contributed by atoms with Crippen molar-refractivity contribution in [2.24, 2.45) is 5.41 Å². The van der Waals surface area contributed by atoms with E-state index in [2.05, 4.69) is 9.47 Å². The summed E-state index contributed by atoms with van der Waals surface area (Å²) in [5, 5.41) is 0. The lowest BCUT2D eigenvalue weighted by molar-refractivity contribution is -0.0470. The molecule has 0 amide bonds. The molecule has 8 heteroatoms. The maximum Gasteiger partial charge on any atom is 0.508 e. The third-order valence-corrected chi connectivity index (χ3v) is 3.66. The molecule has 2 unspecified atom stereocenters. The quantitative estimate of drug-likeness (QED) is 0.591. The first-order valence-electron chi connectivity index (χ1n) is 7.33. The third-order valence-electron chi connectivity index (χ3n) is 3.66. The van der Waals surface area contributed by atoms with Gasteiger partial charge in [-0.1, -0.05) is 13.8 Å². The van der Waals surface area contributed by atoms with Crippen molar-refractivity contribution >= 4 is 12.3 Å². The molecule has 2 aliphatic heterocycles. The lowest BCUT2D eigenvalue weighted by Crippen LogP contribution is -2.32. The Morgan fingerprint density at radius 3 is 1.77 bits per heavy atom. The average Bonchev–Trinajstić information content (AvgIpc) is 3.08. The molecule has 22 heavy (non-hydrogen) atoms. The lowest BCUT2D eigenvalue weighted by Gasteiger charge is -2.28. The molecule has 2 fully saturated rings. The van der Waals surface area contributed by atoms with Gasteiger partial charge in [0.05, 0.1) is 26.4 Å². The Balaban J connectivity index is 1.62. The van der Waals surface area contributed by atoms with Gasteiger partial charge < -0.3 is 28.4 Å². The summed E-state index contributed by atoms with van der Waals surface area (Å²) in [5.41, 5.74) is -0.174. The average molecular weight is 318 g/mol. The molecule has 2 aliphatic rings. The van der Waals surface area contributed by atoms with E-state index >= 15 is 0 Å². The van der Waals surface area contributed by atoms with Crippen LogP contribution in [0.3, 0.4) is 0 Å². The summed E-state index contributed by atoms with van der Waals surface area (Å²) in [6.07, 6.45) is -1.13. The molecule has 0 radical (unpaired) electrons. The van der Waals surface area contributed by atoms with Crippen LogP contribution in [0.5, 0.6) is 0 Å². The van der Waals surface area contributed by atoms with Crippen molar-refractivity contribution in [2.45, 2.75) is 32.5 Å². The second-order valence-corrected chi connectivity index (χ2v) is 5.80. The molecule has 0 aromatic carbocycles. The van der Waals surface area contributed by atoms with E-state index in [1.54, 1.807) is 0 Å². The van der Waals surface area contributed by atoms with Gasteiger partial charge in [0, 0.05) is 5.41 Å². The number of carbonyl (C=O) groups is 2. The molecule has 0 aliphatic carbocycles. The molecule has 0 N–H and O–H groups in total. The Hall–Kier alpha value is -1.54. The number of ether oxygens (including phenoxy) is 6. The van der Waals surface area contributed by atoms with E-state index in [9.17, 15) is 9.59 Å². The molecule has 2 rings (SSSR count). The maximum atomic E-state index is 10.8. The zero-order valence-corrected chi connectivity index (χ0v) is 12.9. The van der Waals surface area contributed by atoms with Crippen molar-refractivity contribution in [3.8, 4) is 0 Å². The molecule has 0 bridgehead atoms. The minimum absolute atomic E-state index is 0.174. The van der Waals surface area contributed by atoms with Crippen LogP contribution < -0.4 is 0 Å². The first-order valence-corrected chi connectivity index (χ1v) is 7.33. The Bertz CT molecular complexity index is 364. The number of hydrogen-bond donors (Lipinski definition) is 0. The summed E-state index contributed by atoms with van der Waals surface area (Å²) in [6, 6.07) is 0. The van der Waals surface area contributed by atoms with Crippen LogP contribution in [-0.4, -0.2) is 64.2 Å². The zero-order chi connectivity index (χ0) is 16.0. The van der Waals surface area contributed by atoms with E-state index in [-0.39, 0.29) is 30.8 Å². The summed E-state index contributed by atoms with van der Waals surface area (Å²) in [5.74, 6) is 0. The van der Waals surface area contributed by atoms with E-state index in [1.807, 2.05) is 13.8 Å². The predicted molar refractivity (Wildman–Crippen MR) is 72.5 cm³/mol. The molecule has 126 valence electrons. The summed E-state index contributed by atoms with van der Waals surface area (Å²) < 4.78 is 30.4. The monoisotopic (exact) mass is 318 g/mol. The predicted octanol–water partition coefficient (Wildman–Crippen LogP) is 1.51. The minimum Gasteiger partial charge on any atom is -0.430 e. The number of hydrogen-bond acceptors (Lipinski definition) is 8. The van der Waals surface area contributed by atoms with Crippen molar-refractivity contribution in [1.29, 1.82) is 0 Å². The number of cyclic esters (lactones) is 4. The summed E-state index contributed by atoms with van der Waals surface area (Å²) in [4.78, 5) is 21.6. The molecule has 2 heterocycles. The Labute approximate surface area is 128 Å². The smallest absolute Gasteiger partial charge is 0.430 e. The van der Waals surface area contributed by atoms with Gasteiger partial charge in [0.2, 0.25) is 0 Å². The first-order chi connectivity index (χ1) is 10.5. The zero-order valence-electron chi connectivity index (χ0n) is 12.9. The third kappa shape index (κ3) is 5.03. The van der Waals surface area contributed by atoms with Gasteiger partial charge in [0.15, 0.2) is 12.2 Å². The van der Waals surface area contributed by atoms with E-state index in [1.165, 1.54) is 0 Å². The van der Waals surface area contributed by atoms with Crippen LogP contribution in [0.15, 0.2) is 0 Å². The molecule has 0 saturated carbocycles. The van der Waals surface area contributed by atoms with Gasteiger partial charge in [-0.3, -0.25) is 0 Å². The van der Waals surface area contributed by atoms with Gasteiger partial charge in [0.25, 0.3) is 0 Å². The van der Waals surface area contributed by atoms with Gasteiger partial charge >= 0.3 is 12.3 Å². The Morgan fingerprint density at radius 2 is 1.45 bits per heavy atom. The maximum absolute atomic E-state index is 10.8. The number of rotatable bonds is 9. The van der Waals surface area contributed by atoms with Crippen LogP contribution in [0.25, 0.3) is 0 Å². The topological polar surface area (TPSA) is 89.5 Å². The molecule has 0 spiro atoms. The van der Waals surface area contributed by atoms with Gasteiger partial charge in [-0.15, -0.1) is 0 Å². The minimum atomic E-state index is -0.650. The summed E-state index contributed by atoms with van der Waals surface area (Å²) in [6.45, 7) is 6.09. The van der Waals surface area contributed by atoms with Gasteiger partial charge in [-0.05, 0) is 6.42 Å². The van der Waals surface area contributed by atoms with Crippen LogP contribution in [0.1, 0.15) is 20.3 Å². The van der Waals surface area contributed by atoms with Crippen molar-refractivity contribution in [3.05, 3.63) is 0 Å². The first kappa shape index (κ1) is 16.8. The van der Waals surface area contributed by atoms with Crippen LogP contribution in [0.2, 0.25) is 0 Å². The van der Waals surface area contributed by atoms with Gasteiger partial charge in [-0.2, -0.15) is 0 Å². The molecule has 0 aromatic heterocycles. The van der Waals surface area contributed by atoms with Crippen molar-refractivity contribution in [3.63, 3.8) is 0 Å². The second-order valence-electron chi connectivity index (χ2n) is 5.80. The SMILES string of the molecule is CCC(C)(COCC1COC(=O)O1)COCC1COC(=O)O1. The van der Waals surface area contributed by atoms with E-state index in [0.29, 0.717) is 26.4 Å². The van der Waals surface area contributed by atoms with Crippen molar-refractivity contribution in [1.82, 2.24) is 0 Å². The van der Waals surface area contributed by atoms with Gasteiger partial charge in [0.1, 0.15) is 13.2 Å². The van der Waals surface area contributed by atoms with Crippen LogP contribution in [0.4, 0.5) is 9.59 Å². The normalized spacial score (nSPS) is 26.8. The standard InChI is InChI=1S/C14H22O8/c1-3-14(2,8-17-4-10-6-19-12(15)21-10)9-18-5-11-7-20-13(16)22-11/h10-11H,3-9H2,1-2H3. The van der Waals surface area contributed by atoms with Crippen molar-refractivity contribution in [2.75, 3.05) is 39.6 Å². The van der Waals surface area contributed by atoms with Gasteiger partial charge in [-0.25, -0.2) is 9.59 Å². The fourth-order valence-electron chi connectivity index (χ4n) is 2.01. The highest BCUT2D eigenvalue weighted by molar-refractivity contribution is 5.62. The Kier molecular flexibility index (Phi) is 5.84. The van der Waals surface area contributed by atoms with E-state index in [4.69, 9.17) is 18.9 Å². The number of carbonyl (C=O) groups excluding carboxylic acids is 2. The van der Waals surface area contributed by atoms with E-state index in [0.717, 1.165) is 6.42 Å². The fourth-order valence-corrected chi connectivity index (χ4v) is 2.01. The molecular formula is C14H22O8. The van der Waals surface area contributed by atoms with E-state index < -0.39 is 12.3 Å². The Morgan fingerprint density at radius 1 is 1.00 bits per heavy atom. The van der Waals surface area contributed by atoms with Crippen LogP contribution >= 0.6 is 0 Å². The molecule has 8 nitrogen and oxygen atoms in total.